The third-order valence-corrected chi connectivity index (χ3v) is 10.2. The van der Waals surface area contributed by atoms with E-state index in [9.17, 15) is 17.6 Å². The number of fused-ring (bicyclic) bond motifs is 1. The number of sulfonamides is 1. The Bertz CT molecular complexity index is 1790. The van der Waals surface area contributed by atoms with Gasteiger partial charge in [0.1, 0.15) is 11.5 Å². The van der Waals surface area contributed by atoms with Crippen LogP contribution in [0.1, 0.15) is 68.2 Å². The number of hydrogen-bond acceptors (Lipinski definition) is 7. The molecule has 1 aliphatic heterocycles. The number of hydrogen-bond donors (Lipinski definition) is 1. The number of aromatic nitrogens is 4. The van der Waals surface area contributed by atoms with Gasteiger partial charge < -0.3 is 10.1 Å². The molecule has 0 bridgehead atoms. The first-order valence-corrected chi connectivity index (χ1v) is 16.9. The molecule has 1 amide bonds. The predicted octanol–water partition coefficient (Wildman–Crippen LogP) is 5.84. The second-order valence-electron chi connectivity index (χ2n) is 12.6. The zero-order valence-corrected chi connectivity index (χ0v) is 27.7. The van der Waals surface area contributed by atoms with Gasteiger partial charge in [-0.1, -0.05) is 43.3 Å². The summed E-state index contributed by atoms with van der Waals surface area (Å²) < 4.78 is 51.6. The predicted molar refractivity (Wildman–Crippen MR) is 173 cm³/mol. The summed E-state index contributed by atoms with van der Waals surface area (Å²) in [6.45, 7) is 10.8. The lowest BCUT2D eigenvalue weighted by atomic mass is 9.80. The summed E-state index contributed by atoms with van der Waals surface area (Å²) >= 11 is 0. The van der Waals surface area contributed by atoms with E-state index in [2.05, 4.69) is 27.5 Å². The number of rotatable bonds is 11. The largest absolute Gasteiger partial charge is 0.366 e. The molecule has 244 valence electrons. The third-order valence-electron chi connectivity index (χ3n) is 8.35. The van der Waals surface area contributed by atoms with E-state index in [-0.39, 0.29) is 36.4 Å². The summed E-state index contributed by atoms with van der Waals surface area (Å²) in [7, 11) is -3.97. The highest BCUT2D eigenvalue weighted by Gasteiger charge is 2.40. The van der Waals surface area contributed by atoms with Gasteiger partial charge in [0.15, 0.2) is 0 Å². The van der Waals surface area contributed by atoms with Gasteiger partial charge in [0, 0.05) is 25.8 Å². The van der Waals surface area contributed by atoms with Crippen molar-refractivity contribution in [3.8, 4) is 0 Å². The molecular weight excluding hydrogens is 607 g/mol. The van der Waals surface area contributed by atoms with Gasteiger partial charge in [-0.05, 0) is 86.1 Å². The van der Waals surface area contributed by atoms with Gasteiger partial charge in [-0.2, -0.15) is 4.31 Å². The Kier molecular flexibility index (Phi) is 9.99. The zero-order chi connectivity index (χ0) is 33.1. The monoisotopic (exact) mass is 648 g/mol. The summed E-state index contributed by atoms with van der Waals surface area (Å²) in [6, 6.07) is 13.2. The fourth-order valence-electron chi connectivity index (χ4n) is 5.81. The van der Waals surface area contributed by atoms with E-state index in [1.165, 1.54) is 10.4 Å². The SMILES string of the molecule is CCCn1cc(CO[C@H](c2ccc(C)c(CN3C[C@@H](C)Cc4ccc(F)cc4S3(=O)=O)c2)C(C)(C)C(=O)Nc2cccnc2)nn1. The van der Waals surface area contributed by atoms with Crippen LogP contribution in [-0.2, 0) is 45.7 Å². The fourth-order valence-corrected chi connectivity index (χ4v) is 7.59. The maximum absolute atomic E-state index is 14.2. The van der Waals surface area contributed by atoms with Gasteiger partial charge in [-0.15, -0.1) is 5.10 Å². The highest BCUT2D eigenvalue weighted by Crippen LogP contribution is 2.40. The Balaban J connectivity index is 1.48. The van der Waals surface area contributed by atoms with Crippen LogP contribution in [0.4, 0.5) is 10.1 Å². The molecule has 3 heterocycles. The molecule has 0 unspecified atom stereocenters. The first kappa shape index (κ1) is 33.4. The van der Waals surface area contributed by atoms with Crippen LogP contribution in [0, 0.1) is 24.1 Å². The van der Waals surface area contributed by atoms with Crippen LogP contribution >= 0.6 is 0 Å². The van der Waals surface area contributed by atoms with Crippen molar-refractivity contribution in [1.82, 2.24) is 24.3 Å². The molecule has 4 aromatic rings. The Morgan fingerprint density at radius 1 is 1.20 bits per heavy atom. The van der Waals surface area contributed by atoms with Crippen molar-refractivity contribution in [2.75, 3.05) is 11.9 Å². The van der Waals surface area contributed by atoms with Crippen LogP contribution in [0.3, 0.4) is 0 Å². The van der Waals surface area contributed by atoms with Crippen molar-refractivity contribution in [2.24, 2.45) is 11.3 Å². The quantitative estimate of drug-likeness (QED) is 0.217. The summed E-state index contributed by atoms with van der Waals surface area (Å²) in [5, 5.41) is 11.4. The summed E-state index contributed by atoms with van der Waals surface area (Å²) in [4.78, 5) is 17.9. The second kappa shape index (κ2) is 13.8. The number of anilines is 1. The lowest BCUT2D eigenvalue weighted by Gasteiger charge is -2.34. The molecule has 2 atom stereocenters. The number of carbonyl (C=O) groups is 1. The van der Waals surface area contributed by atoms with Crippen molar-refractivity contribution in [3.63, 3.8) is 0 Å². The first-order valence-electron chi connectivity index (χ1n) is 15.5. The molecule has 2 aromatic carbocycles. The van der Waals surface area contributed by atoms with Crippen molar-refractivity contribution in [2.45, 2.75) is 78.2 Å². The molecule has 0 radical (unpaired) electrons. The second-order valence-corrected chi connectivity index (χ2v) is 14.5. The number of carbonyl (C=O) groups excluding carboxylic acids is 1. The average molecular weight is 649 g/mol. The summed E-state index contributed by atoms with van der Waals surface area (Å²) in [5.41, 5.74) is 3.08. The number of nitrogens with one attached hydrogen (secondary N) is 1. The molecule has 0 spiro atoms. The van der Waals surface area contributed by atoms with Gasteiger partial charge in [0.05, 0.1) is 41.1 Å². The van der Waals surface area contributed by atoms with Gasteiger partial charge in [-0.3, -0.25) is 14.5 Å². The van der Waals surface area contributed by atoms with Crippen LogP contribution in [0.2, 0.25) is 0 Å². The van der Waals surface area contributed by atoms with Gasteiger partial charge >= 0.3 is 0 Å². The highest BCUT2D eigenvalue weighted by molar-refractivity contribution is 7.89. The number of amides is 1. The number of aryl methyl sites for hydroxylation is 2. The van der Waals surface area contributed by atoms with Gasteiger partial charge in [-0.25, -0.2) is 12.8 Å². The zero-order valence-electron chi connectivity index (χ0n) is 26.9. The third kappa shape index (κ3) is 7.35. The number of ether oxygens (including phenoxy) is 1. The van der Waals surface area contributed by atoms with Crippen molar-refractivity contribution >= 4 is 21.6 Å². The summed E-state index contributed by atoms with van der Waals surface area (Å²) in [5.74, 6) is -0.835. The number of benzene rings is 2. The molecule has 5 rings (SSSR count). The maximum Gasteiger partial charge on any atom is 0.243 e. The van der Waals surface area contributed by atoms with E-state index in [1.807, 2.05) is 52.1 Å². The molecular formula is C34H41FN6O4S. The minimum absolute atomic E-state index is 0.0104. The molecule has 0 fully saturated rings. The van der Waals surface area contributed by atoms with Crippen molar-refractivity contribution in [3.05, 3.63) is 101 Å². The number of halogens is 1. The molecule has 0 saturated heterocycles. The lowest BCUT2D eigenvalue weighted by molar-refractivity contribution is -0.134. The van der Waals surface area contributed by atoms with Crippen LogP contribution in [0.15, 0.2) is 72.0 Å². The average Bonchev–Trinajstić information content (AvgIpc) is 3.43. The van der Waals surface area contributed by atoms with E-state index in [1.54, 1.807) is 35.3 Å². The topological polar surface area (TPSA) is 119 Å². The highest BCUT2D eigenvalue weighted by atomic mass is 32.2. The molecule has 1 aliphatic rings. The van der Waals surface area contributed by atoms with Gasteiger partial charge in [0.2, 0.25) is 15.9 Å². The maximum atomic E-state index is 14.2. The van der Waals surface area contributed by atoms with Crippen LogP contribution < -0.4 is 5.32 Å². The van der Waals surface area contributed by atoms with Crippen LogP contribution in [0.25, 0.3) is 0 Å². The minimum atomic E-state index is -3.97. The minimum Gasteiger partial charge on any atom is -0.366 e. The Labute approximate surface area is 270 Å². The van der Waals surface area contributed by atoms with Crippen LogP contribution in [-0.4, -0.2) is 45.2 Å². The van der Waals surface area contributed by atoms with Crippen molar-refractivity contribution < 1.29 is 22.3 Å². The van der Waals surface area contributed by atoms with E-state index in [0.29, 0.717) is 28.9 Å². The normalized spacial score (nSPS) is 17.2. The molecule has 0 saturated carbocycles. The molecule has 2 aromatic heterocycles. The Hall–Kier alpha value is -4.00. The lowest BCUT2D eigenvalue weighted by Crippen LogP contribution is -2.38. The van der Waals surface area contributed by atoms with Crippen molar-refractivity contribution in [1.29, 1.82) is 0 Å². The van der Waals surface area contributed by atoms with E-state index >= 15 is 0 Å². The molecule has 1 N–H and O–H groups in total. The number of pyridine rings is 1. The molecule has 46 heavy (non-hydrogen) atoms. The van der Waals surface area contributed by atoms with E-state index < -0.39 is 27.4 Å². The molecule has 10 nitrogen and oxygen atoms in total. The Morgan fingerprint density at radius 3 is 2.74 bits per heavy atom. The molecule has 0 aliphatic carbocycles. The first-order chi connectivity index (χ1) is 21.9. The van der Waals surface area contributed by atoms with Gasteiger partial charge in [0.25, 0.3) is 0 Å². The van der Waals surface area contributed by atoms with E-state index in [0.717, 1.165) is 30.2 Å². The summed E-state index contributed by atoms with van der Waals surface area (Å²) in [6.07, 6.45) is 5.74. The molecule has 12 heteroatoms. The fraction of sp³-hybridized carbons (Fsp3) is 0.412. The van der Waals surface area contributed by atoms with E-state index in [4.69, 9.17) is 4.74 Å². The standard InChI is InChI=1S/C34H41FN6O4S/c1-6-14-40-21-30(38-39-40)22-45-32(34(4,5)33(42)37-29-8-7-13-36-18-29)26-10-9-24(3)27(16-26)20-41-19-23(2)15-25-11-12-28(35)17-31(25)46(41,43)44/h7-13,16-18,21,23,32H,6,14-15,19-20,22H2,1-5H3,(H,37,42)/t23-,32+/m0/s1. The Morgan fingerprint density at radius 2 is 2.00 bits per heavy atom. The number of nitrogens with zero attached hydrogens (tertiary/aromatic N) is 5. The van der Waals surface area contributed by atoms with Crippen LogP contribution in [0.5, 0.6) is 0 Å². The smallest absolute Gasteiger partial charge is 0.243 e.